The van der Waals surface area contributed by atoms with Gasteiger partial charge in [0, 0.05) is 5.69 Å². The number of rotatable bonds is 4. The minimum atomic E-state index is -4.71. The molecule has 1 aliphatic rings. The van der Waals surface area contributed by atoms with Crippen LogP contribution in [0.25, 0.3) is 5.69 Å². The number of alkyl halides is 3. The molecule has 1 aliphatic heterocycles. The van der Waals surface area contributed by atoms with Crippen molar-refractivity contribution in [3.8, 4) is 5.69 Å². The lowest BCUT2D eigenvalue weighted by Crippen LogP contribution is -2.68. The smallest absolute Gasteiger partial charge is 0.411 e. The first-order valence-corrected chi connectivity index (χ1v) is 8.14. The lowest BCUT2D eigenvalue weighted by molar-refractivity contribution is -0.234. The Labute approximate surface area is 155 Å². The van der Waals surface area contributed by atoms with Gasteiger partial charge in [-0.3, -0.25) is 9.78 Å². The van der Waals surface area contributed by atoms with Crippen LogP contribution in [0.3, 0.4) is 0 Å². The van der Waals surface area contributed by atoms with Crippen LogP contribution in [-0.4, -0.2) is 65.7 Å². The summed E-state index contributed by atoms with van der Waals surface area (Å²) < 4.78 is 43.9. The van der Waals surface area contributed by atoms with Crippen LogP contribution in [-0.2, 0) is 6.42 Å². The highest BCUT2D eigenvalue weighted by molar-refractivity contribution is 5.93. The minimum absolute atomic E-state index is 0.130. The van der Waals surface area contributed by atoms with Crippen LogP contribution in [0.5, 0.6) is 0 Å². The van der Waals surface area contributed by atoms with E-state index in [4.69, 9.17) is 4.42 Å². The molecular weight excluding hydrogens is 381 g/mol. The van der Waals surface area contributed by atoms with Gasteiger partial charge in [0.2, 0.25) is 5.89 Å². The fourth-order valence-electron chi connectivity index (χ4n) is 2.87. The minimum Gasteiger partial charge on any atom is -0.448 e. The molecule has 12 heteroatoms. The Morgan fingerprint density at radius 1 is 1.29 bits per heavy atom. The van der Waals surface area contributed by atoms with Crippen molar-refractivity contribution in [1.29, 1.82) is 0 Å². The van der Waals surface area contributed by atoms with Gasteiger partial charge >= 0.3 is 6.18 Å². The van der Waals surface area contributed by atoms with Crippen LogP contribution in [0, 0.1) is 0 Å². The quantitative estimate of drug-likeness (QED) is 0.703. The van der Waals surface area contributed by atoms with Crippen LogP contribution in [0.15, 0.2) is 41.4 Å². The van der Waals surface area contributed by atoms with Gasteiger partial charge in [-0.15, -0.1) is 0 Å². The van der Waals surface area contributed by atoms with Gasteiger partial charge in [0.25, 0.3) is 5.91 Å². The van der Waals surface area contributed by atoms with Crippen molar-refractivity contribution < 1.29 is 27.5 Å². The highest BCUT2D eigenvalue weighted by Gasteiger charge is 2.57. The summed E-state index contributed by atoms with van der Waals surface area (Å²) in [7, 11) is 0. The van der Waals surface area contributed by atoms with Crippen LogP contribution < -0.4 is 0 Å². The van der Waals surface area contributed by atoms with Crippen LogP contribution in [0.4, 0.5) is 13.2 Å². The lowest BCUT2D eigenvalue weighted by Gasteiger charge is -2.45. The summed E-state index contributed by atoms with van der Waals surface area (Å²) in [4.78, 5) is 22.3. The van der Waals surface area contributed by atoms with E-state index in [1.165, 1.54) is 17.2 Å². The fourth-order valence-corrected chi connectivity index (χ4v) is 2.87. The summed E-state index contributed by atoms with van der Waals surface area (Å²) in [6.45, 7) is -0.407. The number of carbonyl (C=O) groups is 1. The third-order valence-electron chi connectivity index (χ3n) is 4.24. The number of aliphatic hydroxyl groups excluding tert-OH is 1. The molecule has 0 saturated carbocycles. The topological polar surface area (TPSA) is 110 Å². The molecule has 1 N–H and O–H groups in total. The van der Waals surface area contributed by atoms with Crippen molar-refractivity contribution in [3.05, 3.63) is 54.3 Å². The molecule has 28 heavy (non-hydrogen) atoms. The molecule has 0 aromatic carbocycles. The Hall–Kier alpha value is -3.28. The molecule has 0 unspecified atom stereocenters. The van der Waals surface area contributed by atoms with E-state index in [0.717, 1.165) is 6.26 Å². The molecular formula is C16H13F3N6O3. The van der Waals surface area contributed by atoms with Gasteiger partial charge in [-0.05, 0) is 12.1 Å². The van der Waals surface area contributed by atoms with E-state index in [1.54, 1.807) is 18.3 Å². The first-order valence-electron chi connectivity index (χ1n) is 8.14. The number of nitrogens with zero attached hydrogens (tertiary/aromatic N) is 6. The van der Waals surface area contributed by atoms with E-state index in [9.17, 15) is 23.1 Å². The normalized spacial score (nSPS) is 19.5. The predicted octanol–water partition coefficient (Wildman–Crippen LogP) is 0.989. The maximum atomic E-state index is 12.9. The van der Waals surface area contributed by atoms with E-state index < -0.39 is 30.8 Å². The van der Waals surface area contributed by atoms with Crippen molar-refractivity contribution in [2.45, 2.75) is 24.7 Å². The zero-order valence-electron chi connectivity index (χ0n) is 14.1. The first kappa shape index (κ1) is 18.1. The first-order chi connectivity index (χ1) is 13.3. The summed E-state index contributed by atoms with van der Waals surface area (Å²) in [5, 5.41) is 17.3. The van der Waals surface area contributed by atoms with Gasteiger partial charge in [-0.1, -0.05) is 0 Å². The molecule has 2 atom stereocenters. The highest BCUT2D eigenvalue weighted by Crippen LogP contribution is 2.34. The number of amides is 1. The van der Waals surface area contributed by atoms with Gasteiger partial charge < -0.3 is 14.4 Å². The van der Waals surface area contributed by atoms with Crippen LogP contribution in [0.2, 0.25) is 0 Å². The number of aromatic nitrogens is 5. The average molecular weight is 394 g/mol. The number of pyridine rings is 1. The number of β-amino-alcohol motifs (C(OH)–C–C–N with tert-alkyl or cyclic N) is 1. The molecule has 9 nitrogen and oxygen atoms in total. The third-order valence-corrected chi connectivity index (χ3v) is 4.24. The zero-order valence-corrected chi connectivity index (χ0v) is 14.1. The molecule has 1 amide bonds. The molecule has 1 fully saturated rings. The van der Waals surface area contributed by atoms with Crippen LogP contribution in [0.1, 0.15) is 22.1 Å². The fraction of sp³-hybridized carbons (Fsp3) is 0.312. The van der Waals surface area contributed by atoms with Crippen molar-refractivity contribution in [3.63, 3.8) is 0 Å². The third kappa shape index (κ3) is 3.33. The maximum absolute atomic E-state index is 12.9. The van der Waals surface area contributed by atoms with E-state index >= 15 is 0 Å². The molecule has 4 rings (SSSR count). The predicted molar refractivity (Wildman–Crippen MR) is 85.3 cm³/mol. The molecule has 1 saturated heterocycles. The summed E-state index contributed by atoms with van der Waals surface area (Å²) in [6.07, 6.45) is -0.612. The molecule has 0 aliphatic carbocycles. The zero-order chi connectivity index (χ0) is 19.9. The number of likely N-dealkylation sites (tertiary alicyclic amines) is 1. The Bertz CT molecular complexity index is 970. The largest absolute Gasteiger partial charge is 0.448 e. The highest BCUT2D eigenvalue weighted by atomic mass is 19.4. The molecule has 3 aromatic rings. The van der Waals surface area contributed by atoms with Gasteiger partial charge in [0.15, 0.2) is 11.7 Å². The van der Waals surface area contributed by atoms with Gasteiger partial charge in [-0.2, -0.15) is 28.2 Å². The number of hydrogen-bond acceptors (Lipinski definition) is 7. The van der Waals surface area contributed by atoms with Crippen molar-refractivity contribution in [2.75, 3.05) is 6.54 Å². The SMILES string of the molecule is O=C(c1coc(Cc2ccc(-n3nccn3)cn2)n1)N1C[C@H](O)[C@@H]1C(F)(F)F. The van der Waals surface area contributed by atoms with Crippen LogP contribution >= 0.6 is 0 Å². The van der Waals surface area contributed by atoms with E-state index in [2.05, 4.69) is 20.2 Å². The van der Waals surface area contributed by atoms with Crippen molar-refractivity contribution >= 4 is 5.91 Å². The Kier molecular flexibility index (Phi) is 4.34. The maximum Gasteiger partial charge on any atom is 0.411 e. The summed E-state index contributed by atoms with van der Waals surface area (Å²) in [5.41, 5.74) is 0.962. The lowest BCUT2D eigenvalue weighted by atomic mass is 9.98. The molecule has 0 bridgehead atoms. The van der Waals surface area contributed by atoms with Crippen molar-refractivity contribution in [2.24, 2.45) is 0 Å². The van der Waals surface area contributed by atoms with E-state index in [1.807, 2.05) is 0 Å². The standard InChI is InChI=1S/C16H13F3N6O3/c17-16(18,19)14-12(26)7-24(14)15(27)11-8-28-13(23-11)5-9-1-2-10(6-20-9)25-21-3-4-22-25/h1-4,6,8,12,14,26H,5,7H2/t12-,14+/m0/s1. The second-order valence-corrected chi connectivity index (χ2v) is 6.14. The van der Waals surface area contributed by atoms with Gasteiger partial charge in [0.05, 0.1) is 31.6 Å². The number of carbonyl (C=O) groups excluding carboxylic acids is 1. The van der Waals surface area contributed by atoms with Gasteiger partial charge in [-0.25, -0.2) is 4.98 Å². The number of hydrogen-bond donors (Lipinski definition) is 1. The molecule has 0 radical (unpaired) electrons. The average Bonchev–Trinajstić information content (AvgIpc) is 3.30. The number of oxazole rings is 1. The summed E-state index contributed by atoms with van der Waals surface area (Å²) >= 11 is 0. The molecule has 146 valence electrons. The second-order valence-electron chi connectivity index (χ2n) is 6.14. The van der Waals surface area contributed by atoms with E-state index in [-0.39, 0.29) is 18.0 Å². The monoisotopic (exact) mass is 394 g/mol. The Morgan fingerprint density at radius 2 is 2.04 bits per heavy atom. The number of halogens is 3. The second kappa shape index (κ2) is 6.71. The number of aliphatic hydroxyl groups is 1. The molecule has 4 heterocycles. The Balaban J connectivity index is 1.44. The molecule has 0 spiro atoms. The Morgan fingerprint density at radius 3 is 2.64 bits per heavy atom. The van der Waals surface area contributed by atoms with Gasteiger partial charge in [0.1, 0.15) is 18.1 Å². The van der Waals surface area contributed by atoms with E-state index in [0.29, 0.717) is 16.3 Å². The summed E-state index contributed by atoms with van der Waals surface area (Å²) in [6, 6.07) is 1.19. The molecule has 3 aromatic heterocycles. The van der Waals surface area contributed by atoms with Crippen molar-refractivity contribution in [1.82, 2.24) is 29.9 Å². The summed E-state index contributed by atoms with van der Waals surface area (Å²) in [5.74, 6) is -0.818.